The highest BCUT2D eigenvalue weighted by molar-refractivity contribution is 6.02. The van der Waals surface area contributed by atoms with E-state index >= 15 is 0 Å². The van der Waals surface area contributed by atoms with Gasteiger partial charge in [0, 0.05) is 22.6 Å². The van der Waals surface area contributed by atoms with Crippen molar-refractivity contribution in [2.45, 2.75) is 41.5 Å². The van der Waals surface area contributed by atoms with Gasteiger partial charge in [-0.1, -0.05) is 0 Å². The molecule has 0 heterocycles. The number of phenolic OH excluding ortho intramolecular Hbond substituents is 2. The Morgan fingerprint density at radius 3 is 1.31 bits per heavy atom. The van der Waals surface area contributed by atoms with E-state index in [1.165, 1.54) is 0 Å². The van der Waals surface area contributed by atoms with Crippen LogP contribution in [0.1, 0.15) is 47.2 Å². The molecule has 26 heavy (non-hydrogen) atoms. The number of nitrogens with zero attached hydrogens (tertiary/aromatic N) is 2. The van der Waals surface area contributed by atoms with E-state index in [1.54, 1.807) is 12.1 Å². The van der Waals surface area contributed by atoms with Crippen LogP contribution < -0.4 is 0 Å². The molecule has 2 aromatic rings. The summed E-state index contributed by atoms with van der Waals surface area (Å²) in [4.78, 5) is 9.07. The Morgan fingerprint density at radius 1 is 0.654 bits per heavy atom. The molecule has 0 saturated heterocycles. The second-order valence-corrected chi connectivity index (χ2v) is 6.84. The van der Waals surface area contributed by atoms with Crippen molar-refractivity contribution in [3.05, 3.63) is 57.6 Å². The molecule has 0 unspecified atom stereocenters. The molecule has 0 aromatic heterocycles. The molecule has 0 saturated carbocycles. The van der Waals surface area contributed by atoms with Crippen LogP contribution in [0.3, 0.4) is 0 Å². The van der Waals surface area contributed by atoms with E-state index in [0.717, 1.165) is 44.8 Å². The molecule has 0 fully saturated rings. The minimum Gasteiger partial charge on any atom is -0.507 e. The molecule has 2 rings (SSSR count). The SMILES string of the molecule is CC(=NCCN=C(C)c1cc(C)c(C)cc1O)c1cc(C)c(C)cc1O. The van der Waals surface area contributed by atoms with E-state index in [-0.39, 0.29) is 11.5 Å². The number of rotatable bonds is 5. The van der Waals surface area contributed by atoms with Gasteiger partial charge >= 0.3 is 0 Å². The molecule has 0 spiro atoms. The van der Waals surface area contributed by atoms with Gasteiger partial charge in [0.25, 0.3) is 0 Å². The molecular weight excluding hydrogens is 324 g/mol. The second kappa shape index (κ2) is 8.17. The number of benzene rings is 2. The Morgan fingerprint density at radius 2 is 0.962 bits per heavy atom. The summed E-state index contributed by atoms with van der Waals surface area (Å²) in [6.45, 7) is 12.9. The van der Waals surface area contributed by atoms with Crippen molar-refractivity contribution in [3.63, 3.8) is 0 Å². The van der Waals surface area contributed by atoms with Crippen molar-refractivity contribution in [1.29, 1.82) is 0 Å². The van der Waals surface area contributed by atoms with E-state index in [4.69, 9.17) is 0 Å². The number of aromatic hydroxyl groups is 2. The first-order valence-corrected chi connectivity index (χ1v) is 8.84. The highest BCUT2D eigenvalue weighted by Crippen LogP contribution is 2.23. The lowest BCUT2D eigenvalue weighted by Gasteiger charge is -2.09. The molecule has 0 aliphatic heterocycles. The van der Waals surface area contributed by atoms with E-state index in [2.05, 4.69) is 9.98 Å². The monoisotopic (exact) mass is 352 g/mol. The van der Waals surface area contributed by atoms with Crippen molar-refractivity contribution >= 4 is 11.4 Å². The summed E-state index contributed by atoms with van der Waals surface area (Å²) in [5.41, 5.74) is 7.51. The molecule has 2 N–H and O–H groups in total. The van der Waals surface area contributed by atoms with Gasteiger partial charge in [0.15, 0.2) is 0 Å². The molecule has 0 amide bonds. The Balaban J connectivity index is 2.09. The summed E-state index contributed by atoms with van der Waals surface area (Å²) in [5.74, 6) is 0.517. The van der Waals surface area contributed by atoms with Gasteiger partial charge in [-0.05, 0) is 88.1 Å². The highest BCUT2D eigenvalue weighted by Gasteiger charge is 2.08. The number of phenols is 2. The lowest BCUT2D eigenvalue weighted by molar-refractivity contribution is 0.473. The normalized spacial score (nSPS) is 12.5. The summed E-state index contributed by atoms with van der Waals surface area (Å²) in [5, 5.41) is 20.2. The molecule has 0 radical (unpaired) electrons. The first-order chi connectivity index (χ1) is 12.2. The zero-order valence-corrected chi connectivity index (χ0v) is 16.5. The van der Waals surface area contributed by atoms with Crippen LogP contribution in [0.2, 0.25) is 0 Å². The largest absolute Gasteiger partial charge is 0.507 e. The van der Waals surface area contributed by atoms with Crippen molar-refractivity contribution in [2.24, 2.45) is 9.98 Å². The average molecular weight is 352 g/mol. The van der Waals surface area contributed by atoms with Gasteiger partial charge in [0.05, 0.1) is 13.1 Å². The number of hydrogen-bond donors (Lipinski definition) is 2. The van der Waals surface area contributed by atoms with E-state index in [9.17, 15) is 10.2 Å². The minimum atomic E-state index is 0.258. The van der Waals surface area contributed by atoms with E-state index in [0.29, 0.717) is 13.1 Å². The molecular formula is C22H28N2O2. The van der Waals surface area contributed by atoms with Gasteiger partial charge in [0.1, 0.15) is 11.5 Å². The zero-order chi connectivity index (χ0) is 19.4. The average Bonchev–Trinajstić information content (AvgIpc) is 2.57. The third kappa shape index (κ3) is 4.51. The summed E-state index contributed by atoms with van der Waals surface area (Å²) in [7, 11) is 0. The first-order valence-electron chi connectivity index (χ1n) is 8.84. The van der Waals surface area contributed by atoms with Crippen LogP contribution in [0.4, 0.5) is 0 Å². The lowest BCUT2D eigenvalue weighted by atomic mass is 10.0. The zero-order valence-electron chi connectivity index (χ0n) is 16.5. The fourth-order valence-electron chi connectivity index (χ4n) is 2.79. The van der Waals surface area contributed by atoms with Gasteiger partial charge in [-0.2, -0.15) is 0 Å². The second-order valence-electron chi connectivity index (χ2n) is 6.84. The Hall–Kier alpha value is -2.62. The predicted molar refractivity (Wildman–Crippen MR) is 109 cm³/mol. The van der Waals surface area contributed by atoms with Gasteiger partial charge in [0.2, 0.25) is 0 Å². The lowest BCUT2D eigenvalue weighted by Crippen LogP contribution is -2.03. The van der Waals surface area contributed by atoms with Gasteiger partial charge < -0.3 is 10.2 Å². The molecule has 0 aliphatic rings. The summed E-state index contributed by atoms with van der Waals surface area (Å²) >= 11 is 0. The predicted octanol–water partition coefficient (Wildman–Crippen LogP) is 4.65. The number of aliphatic imine (C=N–C) groups is 2. The number of hydrogen-bond acceptors (Lipinski definition) is 4. The number of aryl methyl sites for hydroxylation is 4. The summed E-state index contributed by atoms with van der Waals surface area (Å²) in [6, 6.07) is 7.47. The standard InChI is InChI=1S/C22H28N2O2/c1-13-9-19(21(25)11-15(13)3)17(5)23-7-8-24-18(6)20-10-14(2)16(4)12-22(20)26/h9-12,25-26H,7-8H2,1-6H3. The topological polar surface area (TPSA) is 65.2 Å². The van der Waals surface area contributed by atoms with Crippen LogP contribution >= 0.6 is 0 Å². The minimum absolute atomic E-state index is 0.258. The summed E-state index contributed by atoms with van der Waals surface area (Å²) in [6.07, 6.45) is 0. The first kappa shape index (κ1) is 19.7. The fraction of sp³-hybridized carbons (Fsp3) is 0.364. The Labute approximate surface area is 156 Å². The third-order valence-corrected chi connectivity index (χ3v) is 4.80. The van der Waals surface area contributed by atoms with Crippen molar-refractivity contribution < 1.29 is 10.2 Å². The quantitative estimate of drug-likeness (QED) is 0.608. The highest BCUT2D eigenvalue weighted by atomic mass is 16.3. The van der Waals surface area contributed by atoms with E-state index < -0.39 is 0 Å². The molecule has 0 aliphatic carbocycles. The molecule has 0 bridgehead atoms. The van der Waals surface area contributed by atoms with Crippen LogP contribution in [0.25, 0.3) is 0 Å². The smallest absolute Gasteiger partial charge is 0.124 e. The van der Waals surface area contributed by atoms with Crippen LogP contribution in [0.5, 0.6) is 11.5 Å². The van der Waals surface area contributed by atoms with Crippen LogP contribution in [-0.4, -0.2) is 34.7 Å². The molecule has 138 valence electrons. The van der Waals surface area contributed by atoms with Crippen molar-refractivity contribution in [1.82, 2.24) is 0 Å². The maximum absolute atomic E-state index is 10.1. The van der Waals surface area contributed by atoms with Gasteiger partial charge in [-0.3, -0.25) is 9.98 Å². The molecule has 4 heteroatoms. The maximum Gasteiger partial charge on any atom is 0.124 e. The Kier molecular flexibility index (Phi) is 6.19. The van der Waals surface area contributed by atoms with E-state index in [1.807, 2.05) is 53.7 Å². The third-order valence-electron chi connectivity index (χ3n) is 4.80. The van der Waals surface area contributed by atoms with Gasteiger partial charge in [-0.25, -0.2) is 0 Å². The van der Waals surface area contributed by atoms with Gasteiger partial charge in [-0.15, -0.1) is 0 Å². The molecule has 2 aromatic carbocycles. The van der Waals surface area contributed by atoms with Crippen LogP contribution in [-0.2, 0) is 0 Å². The van der Waals surface area contributed by atoms with Crippen LogP contribution in [0, 0.1) is 27.7 Å². The fourth-order valence-corrected chi connectivity index (χ4v) is 2.79. The van der Waals surface area contributed by atoms with Crippen LogP contribution in [0.15, 0.2) is 34.3 Å². The van der Waals surface area contributed by atoms with Crippen molar-refractivity contribution in [2.75, 3.05) is 13.1 Å². The van der Waals surface area contributed by atoms with Crippen molar-refractivity contribution in [3.8, 4) is 11.5 Å². The maximum atomic E-state index is 10.1. The molecule has 4 nitrogen and oxygen atoms in total. The Bertz CT molecular complexity index is 807. The molecule has 0 atom stereocenters. The summed E-state index contributed by atoms with van der Waals surface area (Å²) < 4.78 is 0.